The number of hydrogen-bond acceptors (Lipinski definition) is 4. The molecule has 1 aromatic rings. The third-order valence-electron chi connectivity index (χ3n) is 3.10. The zero-order valence-corrected chi connectivity index (χ0v) is 13.3. The van der Waals surface area contributed by atoms with Gasteiger partial charge in [-0.1, -0.05) is 29.8 Å². The third-order valence-corrected chi connectivity index (χ3v) is 3.78. The predicted octanol–water partition coefficient (Wildman–Crippen LogP) is 3.37. The summed E-state index contributed by atoms with van der Waals surface area (Å²) in [6, 6.07) is 5.74. The average Bonchev–Trinajstić information content (AvgIpc) is 2.44. The summed E-state index contributed by atoms with van der Waals surface area (Å²) >= 11 is 3.51. The van der Waals surface area contributed by atoms with Crippen LogP contribution in [0, 0.1) is 11.3 Å². The quantitative estimate of drug-likeness (QED) is 0.804. The predicted molar refractivity (Wildman–Crippen MR) is 78.5 cm³/mol. The van der Waals surface area contributed by atoms with Crippen molar-refractivity contribution >= 4 is 15.9 Å². The summed E-state index contributed by atoms with van der Waals surface area (Å²) in [6.45, 7) is 5.72. The third kappa shape index (κ3) is 3.40. The Kier molecular flexibility index (Phi) is 6.13. The van der Waals surface area contributed by atoms with E-state index in [0.29, 0.717) is 11.5 Å². The van der Waals surface area contributed by atoms with Crippen LogP contribution in [0.25, 0.3) is 0 Å². The van der Waals surface area contributed by atoms with Gasteiger partial charge in [-0.05, 0) is 25.2 Å². The minimum atomic E-state index is -0.302. The first-order chi connectivity index (χ1) is 9.12. The van der Waals surface area contributed by atoms with Gasteiger partial charge in [0.15, 0.2) is 11.5 Å². The smallest absolute Gasteiger partial charge is 0.161 e. The lowest BCUT2D eigenvalue weighted by Crippen LogP contribution is -2.27. The van der Waals surface area contributed by atoms with Crippen LogP contribution in [0.5, 0.6) is 11.5 Å². The topological polar surface area (TPSA) is 45.5 Å². The van der Waals surface area contributed by atoms with Gasteiger partial charge in [-0.3, -0.25) is 4.90 Å². The molecule has 0 spiro atoms. The van der Waals surface area contributed by atoms with E-state index in [1.54, 1.807) is 14.2 Å². The summed E-state index contributed by atoms with van der Waals surface area (Å²) in [5.74, 6) is 1.28. The van der Waals surface area contributed by atoms with Crippen molar-refractivity contribution in [1.29, 1.82) is 5.26 Å². The lowest BCUT2D eigenvalue weighted by Gasteiger charge is -2.25. The molecular weight excluding hydrogens is 308 g/mol. The van der Waals surface area contributed by atoms with Gasteiger partial charge in [0.1, 0.15) is 6.04 Å². The van der Waals surface area contributed by atoms with Crippen molar-refractivity contribution in [3.05, 3.63) is 22.2 Å². The molecule has 1 unspecified atom stereocenters. The van der Waals surface area contributed by atoms with Crippen molar-refractivity contribution in [2.24, 2.45) is 0 Å². The Labute approximate surface area is 123 Å². The van der Waals surface area contributed by atoms with Crippen LogP contribution in [0.1, 0.15) is 25.5 Å². The van der Waals surface area contributed by atoms with E-state index >= 15 is 0 Å². The number of benzene rings is 1. The van der Waals surface area contributed by atoms with Gasteiger partial charge in [-0.2, -0.15) is 5.26 Å². The van der Waals surface area contributed by atoms with Gasteiger partial charge in [0.25, 0.3) is 0 Å². The van der Waals surface area contributed by atoms with Crippen LogP contribution in [-0.2, 0) is 0 Å². The first-order valence-electron chi connectivity index (χ1n) is 6.17. The highest BCUT2D eigenvalue weighted by Crippen LogP contribution is 2.37. The summed E-state index contributed by atoms with van der Waals surface area (Å²) in [5, 5.41) is 9.44. The number of nitrogens with zero attached hydrogens (tertiary/aromatic N) is 2. The van der Waals surface area contributed by atoms with Crippen LogP contribution in [-0.4, -0.2) is 32.2 Å². The van der Waals surface area contributed by atoms with Crippen LogP contribution in [0.4, 0.5) is 0 Å². The lowest BCUT2D eigenvalue weighted by atomic mass is 10.1. The largest absolute Gasteiger partial charge is 0.493 e. The van der Waals surface area contributed by atoms with Crippen LogP contribution in [0.3, 0.4) is 0 Å². The Morgan fingerprint density at radius 2 is 1.74 bits per heavy atom. The highest BCUT2D eigenvalue weighted by Gasteiger charge is 2.22. The van der Waals surface area contributed by atoms with Gasteiger partial charge >= 0.3 is 0 Å². The molecule has 0 aliphatic heterocycles. The number of methoxy groups -OCH3 is 2. The second kappa shape index (κ2) is 7.37. The Bertz CT molecular complexity index is 467. The van der Waals surface area contributed by atoms with Crippen LogP contribution >= 0.6 is 15.9 Å². The van der Waals surface area contributed by atoms with Crippen LogP contribution < -0.4 is 9.47 Å². The molecule has 0 fully saturated rings. The maximum absolute atomic E-state index is 9.44. The summed E-state index contributed by atoms with van der Waals surface area (Å²) in [4.78, 5) is 2.09. The van der Waals surface area contributed by atoms with E-state index in [1.807, 2.05) is 26.0 Å². The van der Waals surface area contributed by atoms with Crippen LogP contribution in [0.15, 0.2) is 16.6 Å². The van der Waals surface area contributed by atoms with Crippen molar-refractivity contribution < 1.29 is 9.47 Å². The summed E-state index contributed by atoms with van der Waals surface area (Å²) in [7, 11) is 3.18. The van der Waals surface area contributed by atoms with E-state index in [-0.39, 0.29) is 6.04 Å². The maximum Gasteiger partial charge on any atom is 0.161 e. The van der Waals surface area contributed by atoms with Crippen molar-refractivity contribution in [3.8, 4) is 17.6 Å². The Balaban J connectivity index is 3.28. The molecule has 0 bridgehead atoms. The molecule has 1 rings (SSSR count). The Morgan fingerprint density at radius 1 is 1.21 bits per heavy atom. The van der Waals surface area contributed by atoms with Gasteiger partial charge < -0.3 is 9.47 Å². The Morgan fingerprint density at radius 3 is 2.16 bits per heavy atom. The van der Waals surface area contributed by atoms with E-state index in [0.717, 1.165) is 23.1 Å². The molecule has 0 radical (unpaired) electrons. The average molecular weight is 327 g/mol. The molecule has 1 atom stereocenters. The van der Waals surface area contributed by atoms with Crippen molar-refractivity contribution in [1.82, 2.24) is 4.90 Å². The molecule has 0 aliphatic carbocycles. The van der Waals surface area contributed by atoms with Crippen molar-refractivity contribution in [2.75, 3.05) is 27.3 Å². The molecule has 0 saturated heterocycles. The number of nitriles is 1. The minimum absolute atomic E-state index is 0.302. The number of halogens is 1. The fourth-order valence-electron chi connectivity index (χ4n) is 2.02. The molecule has 5 heteroatoms. The van der Waals surface area contributed by atoms with Gasteiger partial charge in [-0.15, -0.1) is 0 Å². The Hall–Kier alpha value is -1.25. The molecule has 19 heavy (non-hydrogen) atoms. The van der Waals surface area contributed by atoms with E-state index in [1.165, 1.54) is 0 Å². The number of ether oxygens (including phenoxy) is 2. The molecule has 0 heterocycles. The van der Waals surface area contributed by atoms with Gasteiger partial charge in [0.05, 0.1) is 20.3 Å². The van der Waals surface area contributed by atoms with Crippen LogP contribution in [0.2, 0.25) is 0 Å². The maximum atomic E-state index is 9.44. The SMILES string of the molecule is CCN(CC)C(C#N)c1cc(OC)c(OC)cc1Br. The lowest BCUT2D eigenvalue weighted by molar-refractivity contribution is 0.261. The van der Waals surface area contributed by atoms with Crippen molar-refractivity contribution in [3.63, 3.8) is 0 Å². The standard InChI is InChI=1S/C14H19BrN2O2/c1-5-17(6-2)12(9-16)10-7-13(18-3)14(19-4)8-11(10)15/h7-8,12H,5-6H2,1-4H3. The molecule has 0 amide bonds. The second-order valence-electron chi connectivity index (χ2n) is 3.98. The molecule has 0 N–H and O–H groups in total. The fourth-order valence-corrected chi connectivity index (χ4v) is 2.56. The highest BCUT2D eigenvalue weighted by atomic mass is 79.9. The monoisotopic (exact) mass is 326 g/mol. The second-order valence-corrected chi connectivity index (χ2v) is 4.84. The molecule has 4 nitrogen and oxygen atoms in total. The first-order valence-corrected chi connectivity index (χ1v) is 6.97. The van der Waals surface area contributed by atoms with E-state index in [4.69, 9.17) is 9.47 Å². The van der Waals surface area contributed by atoms with E-state index in [2.05, 4.69) is 26.9 Å². The molecule has 0 aromatic heterocycles. The molecular formula is C14H19BrN2O2. The first kappa shape index (κ1) is 15.8. The van der Waals surface area contributed by atoms with Crippen molar-refractivity contribution in [2.45, 2.75) is 19.9 Å². The molecule has 0 saturated carbocycles. The zero-order chi connectivity index (χ0) is 14.4. The fraction of sp³-hybridized carbons (Fsp3) is 0.500. The highest BCUT2D eigenvalue weighted by molar-refractivity contribution is 9.10. The van der Waals surface area contributed by atoms with E-state index < -0.39 is 0 Å². The summed E-state index contributed by atoms with van der Waals surface area (Å²) < 4.78 is 11.4. The molecule has 104 valence electrons. The normalized spacial score (nSPS) is 12.1. The summed E-state index contributed by atoms with van der Waals surface area (Å²) in [5.41, 5.74) is 0.892. The number of hydrogen-bond donors (Lipinski definition) is 0. The zero-order valence-electron chi connectivity index (χ0n) is 11.7. The van der Waals surface area contributed by atoms with Gasteiger partial charge in [0.2, 0.25) is 0 Å². The van der Waals surface area contributed by atoms with Gasteiger partial charge in [0, 0.05) is 10.0 Å². The van der Waals surface area contributed by atoms with E-state index in [9.17, 15) is 5.26 Å². The minimum Gasteiger partial charge on any atom is -0.493 e. The van der Waals surface area contributed by atoms with Gasteiger partial charge in [-0.25, -0.2) is 0 Å². The molecule has 0 aliphatic rings. The number of rotatable bonds is 6. The summed E-state index contributed by atoms with van der Waals surface area (Å²) in [6.07, 6.45) is 0. The molecule has 1 aromatic carbocycles.